The second kappa shape index (κ2) is 10.3. The van der Waals surface area contributed by atoms with Crippen LogP contribution in [0.5, 0.6) is 0 Å². The van der Waals surface area contributed by atoms with Crippen molar-refractivity contribution in [1.29, 1.82) is 0 Å². The second-order valence-electron chi connectivity index (χ2n) is 11.7. The molecule has 40 heavy (non-hydrogen) atoms. The number of carboxylic acids is 1. The number of hydrogen-bond acceptors (Lipinski definition) is 5. The third kappa shape index (κ3) is 5.11. The Kier molecular flexibility index (Phi) is 7.44. The summed E-state index contributed by atoms with van der Waals surface area (Å²) in [7, 11) is 0. The van der Waals surface area contributed by atoms with Crippen molar-refractivity contribution in [3.05, 3.63) is 45.5 Å². The Morgan fingerprint density at radius 3 is 2.15 bits per heavy atom. The average Bonchev–Trinajstić information content (AvgIpc) is 3.31. The molecule has 1 amide bonds. The number of aromatic nitrogens is 3. The van der Waals surface area contributed by atoms with Gasteiger partial charge in [-0.3, -0.25) is 24.0 Å². The lowest BCUT2D eigenvalue weighted by Crippen LogP contribution is -2.44. The lowest BCUT2D eigenvalue weighted by atomic mass is 9.86. The van der Waals surface area contributed by atoms with Crippen molar-refractivity contribution in [3.8, 4) is 0 Å². The van der Waals surface area contributed by atoms with Crippen molar-refractivity contribution >= 4 is 40.9 Å². The molecule has 0 unspecified atom stereocenters. The van der Waals surface area contributed by atoms with Gasteiger partial charge in [0.15, 0.2) is 11.5 Å². The second-order valence-corrected chi connectivity index (χ2v) is 12.5. The van der Waals surface area contributed by atoms with Crippen molar-refractivity contribution < 1.29 is 32.7 Å². The number of pyridine rings is 1. The maximum Gasteiger partial charge on any atom is 0.433 e. The molecule has 2 aromatic heterocycles. The van der Waals surface area contributed by atoms with Gasteiger partial charge in [0.2, 0.25) is 0 Å². The average molecular weight is 601 g/mol. The summed E-state index contributed by atoms with van der Waals surface area (Å²) in [4.78, 5) is 43.6. The number of halogens is 5. The minimum absolute atomic E-state index is 0.0129. The van der Waals surface area contributed by atoms with E-state index in [1.165, 1.54) is 17.3 Å². The molecule has 0 aliphatic heterocycles. The van der Waals surface area contributed by atoms with Gasteiger partial charge in [-0.05, 0) is 55.8 Å². The fourth-order valence-corrected chi connectivity index (χ4v) is 7.38. The van der Waals surface area contributed by atoms with Crippen molar-refractivity contribution in [2.24, 2.45) is 23.2 Å². The van der Waals surface area contributed by atoms with Gasteiger partial charge in [0.05, 0.1) is 45.9 Å². The first-order valence-electron chi connectivity index (χ1n) is 13.2. The van der Waals surface area contributed by atoms with Crippen LogP contribution in [-0.2, 0) is 11.0 Å². The number of carbonyl (C=O) groups excluding carboxylic acids is 2. The predicted octanol–water partition coefficient (Wildman–Crippen LogP) is 6.18. The van der Waals surface area contributed by atoms with E-state index in [4.69, 9.17) is 23.2 Å². The number of carboxylic acid groups (broad SMARTS) is 1. The number of rotatable bonds is 7. The van der Waals surface area contributed by atoms with E-state index in [1.54, 1.807) is 0 Å². The van der Waals surface area contributed by atoms with Crippen LogP contribution in [0.3, 0.4) is 0 Å². The monoisotopic (exact) mass is 600 g/mol. The number of nitrogens with zero attached hydrogens (tertiary/aromatic N) is 4. The molecule has 2 aromatic rings. The molecule has 0 aromatic carbocycles. The molecule has 3 aliphatic carbocycles. The van der Waals surface area contributed by atoms with Crippen LogP contribution in [-0.4, -0.2) is 55.0 Å². The summed E-state index contributed by atoms with van der Waals surface area (Å²) in [6.45, 7) is 3.74. The minimum atomic E-state index is -4.90. The van der Waals surface area contributed by atoms with Gasteiger partial charge in [-0.15, -0.1) is 0 Å². The first-order valence-corrected chi connectivity index (χ1v) is 14.0. The SMILES string of the molecule is CC1(C)[C@@H]2C[C@H](N(CC(=O)c3c(Cl)cncc3Cl)C(=O)c3cnn(C4CCC(C(=O)O)CC4)c3C(F)(F)F)C[C@@H]21. The maximum absolute atomic E-state index is 14.5. The molecule has 13 heteroatoms. The highest BCUT2D eigenvalue weighted by Crippen LogP contribution is 2.67. The van der Waals surface area contributed by atoms with E-state index in [1.807, 2.05) is 0 Å². The summed E-state index contributed by atoms with van der Waals surface area (Å²) < 4.78 is 44.2. The quantitative estimate of drug-likeness (QED) is 0.380. The fourth-order valence-electron chi connectivity index (χ4n) is 6.81. The van der Waals surface area contributed by atoms with Crippen molar-refractivity contribution in [1.82, 2.24) is 19.7 Å². The van der Waals surface area contributed by atoms with Gasteiger partial charge < -0.3 is 10.0 Å². The van der Waals surface area contributed by atoms with E-state index in [-0.39, 0.29) is 46.7 Å². The van der Waals surface area contributed by atoms with Crippen LogP contribution in [0, 0.1) is 23.2 Å². The van der Waals surface area contributed by atoms with Crippen LogP contribution in [0.15, 0.2) is 18.6 Å². The largest absolute Gasteiger partial charge is 0.481 e. The molecule has 0 radical (unpaired) electrons. The van der Waals surface area contributed by atoms with E-state index >= 15 is 0 Å². The van der Waals surface area contributed by atoms with Gasteiger partial charge >= 0.3 is 12.1 Å². The molecule has 216 valence electrons. The molecule has 3 aliphatic rings. The molecule has 5 rings (SSSR count). The van der Waals surface area contributed by atoms with E-state index in [0.717, 1.165) is 10.9 Å². The van der Waals surface area contributed by atoms with Crippen LogP contribution in [0.2, 0.25) is 10.0 Å². The van der Waals surface area contributed by atoms with E-state index in [2.05, 4.69) is 23.9 Å². The Hall–Kier alpha value is -2.66. The van der Waals surface area contributed by atoms with Gasteiger partial charge in [0.25, 0.3) is 5.91 Å². The lowest BCUT2D eigenvalue weighted by molar-refractivity contribution is -0.147. The molecule has 2 heterocycles. The standard InChI is InChI=1S/C27H29Cl2F3N4O4/c1-26(2)17-7-15(8-18(17)26)35(12-21(37)22-19(28)10-33-11-20(22)29)24(38)16-9-34-36(23(16)27(30,31)32)14-5-3-13(4-6-14)25(39)40/h9-11,13-15,17-18H,3-8,12H2,1-2H3,(H,39,40)/t13?,14?,15-,17+,18-. The summed E-state index contributed by atoms with van der Waals surface area (Å²) in [6.07, 6.45) is 0.457. The summed E-state index contributed by atoms with van der Waals surface area (Å²) in [6, 6.07) is -1.13. The maximum atomic E-state index is 14.5. The van der Waals surface area contributed by atoms with Crippen molar-refractivity contribution in [2.75, 3.05) is 6.54 Å². The Bertz CT molecular complexity index is 1320. The number of amides is 1. The fraction of sp³-hybridized carbons (Fsp3) is 0.593. The number of aliphatic carboxylic acids is 1. The van der Waals surface area contributed by atoms with Gasteiger partial charge in [-0.25, -0.2) is 0 Å². The van der Waals surface area contributed by atoms with Crippen LogP contribution >= 0.6 is 23.2 Å². The summed E-state index contributed by atoms with van der Waals surface area (Å²) in [5, 5.41) is 13.2. The number of ketones is 1. The Labute approximate surface area is 238 Å². The molecule has 0 spiro atoms. The third-order valence-corrected chi connectivity index (χ3v) is 9.75. The summed E-state index contributed by atoms with van der Waals surface area (Å²) in [5.74, 6) is -2.50. The zero-order valence-electron chi connectivity index (χ0n) is 21.9. The van der Waals surface area contributed by atoms with Crippen molar-refractivity contribution in [3.63, 3.8) is 0 Å². The smallest absolute Gasteiger partial charge is 0.433 e. The van der Waals surface area contributed by atoms with Crippen LogP contribution < -0.4 is 0 Å². The van der Waals surface area contributed by atoms with E-state index in [9.17, 15) is 32.7 Å². The highest BCUT2D eigenvalue weighted by molar-refractivity contribution is 6.39. The first-order chi connectivity index (χ1) is 18.7. The molecule has 3 atom stereocenters. The Morgan fingerprint density at radius 1 is 1.05 bits per heavy atom. The van der Waals surface area contributed by atoms with Gasteiger partial charge in [0, 0.05) is 18.4 Å². The minimum Gasteiger partial charge on any atom is -0.481 e. The topological polar surface area (TPSA) is 105 Å². The molecule has 1 N–H and O–H groups in total. The highest BCUT2D eigenvalue weighted by atomic mass is 35.5. The number of hydrogen-bond donors (Lipinski definition) is 1. The molecule has 3 fully saturated rings. The van der Waals surface area contributed by atoms with Crippen LogP contribution in [0.1, 0.15) is 84.8 Å². The Morgan fingerprint density at radius 2 is 1.62 bits per heavy atom. The number of carbonyl (C=O) groups is 3. The number of Topliss-reactive ketones (excluding diaryl/α,β-unsaturated/α-hetero) is 1. The summed E-state index contributed by atoms with van der Waals surface area (Å²) in [5.41, 5.74) is -1.77. The van der Waals surface area contributed by atoms with Gasteiger partial charge in [-0.2, -0.15) is 18.3 Å². The first kappa shape index (κ1) is 28.9. The molecular weight excluding hydrogens is 572 g/mol. The number of alkyl halides is 3. The van der Waals surface area contributed by atoms with E-state index in [0.29, 0.717) is 24.7 Å². The molecule has 8 nitrogen and oxygen atoms in total. The lowest BCUT2D eigenvalue weighted by Gasteiger charge is -2.32. The zero-order valence-corrected chi connectivity index (χ0v) is 23.4. The highest BCUT2D eigenvalue weighted by Gasteiger charge is 2.63. The normalized spacial score (nSPS) is 27.2. The van der Waals surface area contributed by atoms with Gasteiger partial charge in [-0.1, -0.05) is 37.0 Å². The third-order valence-electron chi connectivity index (χ3n) is 9.17. The molecule has 0 saturated heterocycles. The zero-order chi connectivity index (χ0) is 29.1. The Balaban J connectivity index is 1.47. The predicted molar refractivity (Wildman–Crippen MR) is 139 cm³/mol. The number of fused-ring (bicyclic) bond motifs is 1. The van der Waals surface area contributed by atoms with Gasteiger partial charge in [0.1, 0.15) is 0 Å². The van der Waals surface area contributed by atoms with Crippen LogP contribution in [0.25, 0.3) is 0 Å². The molecule has 3 saturated carbocycles. The van der Waals surface area contributed by atoms with Crippen LogP contribution in [0.4, 0.5) is 13.2 Å². The summed E-state index contributed by atoms with van der Waals surface area (Å²) >= 11 is 12.3. The van der Waals surface area contributed by atoms with E-state index < -0.39 is 59.6 Å². The van der Waals surface area contributed by atoms with Crippen molar-refractivity contribution in [2.45, 2.75) is 70.6 Å². The molecular formula is C27H29Cl2F3N4O4. The molecule has 0 bridgehead atoms.